The molecule has 4 heterocycles. The average molecular weight is 405 g/mol. The van der Waals surface area contributed by atoms with Gasteiger partial charge in [-0.25, -0.2) is 4.98 Å². The Morgan fingerprint density at radius 2 is 2.10 bits per heavy atom. The number of hydrogen-bond donors (Lipinski definition) is 1. The van der Waals surface area contributed by atoms with Crippen LogP contribution in [0.25, 0.3) is 11.1 Å². The number of rotatable bonds is 5. The number of fused-ring (bicyclic) bond motifs is 1. The quantitative estimate of drug-likeness (QED) is 0.700. The molecule has 30 heavy (non-hydrogen) atoms. The Labute approximate surface area is 173 Å². The fourth-order valence-corrected chi connectivity index (χ4v) is 4.15. The molecule has 2 amide bonds. The van der Waals surface area contributed by atoms with Gasteiger partial charge in [-0.1, -0.05) is 11.2 Å². The maximum Gasteiger partial charge on any atom is 0.259 e. The first kappa shape index (κ1) is 18.7. The van der Waals surface area contributed by atoms with Gasteiger partial charge in [0.25, 0.3) is 11.6 Å². The monoisotopic (exact) mass is 405 g/mol. The van der Waals surface area contributed by atoms with Crippen LogP contribution in [-0.2, 0) is 11.2 Å². The Morgan fingerprint density at radius 1 is 1.23 bits per heavy atom. The first-order valence-corrected chi connectivity index (χ1v) is 10.3. The van der Waals surface area contributed by atoms with E-state index in [2.05, 4.69) is 20.4 Å². The highest BCUT2D eigenvalue weighted by atomic mass is 16.5. The van der Waals surface area contributed by atoms with Crippen LogP contribution in [0.4, 0.5) is 0 Å². The van der Waals surface area contributed by atoms with Crippen molar-refractivity contribution >= 4 is 22.9 Å². The van der Waals surface area contributed by atoms with Crippen molar-refractivity contribution in [2.24, 2.45) is 0 Å². The van der Waals surface area contributed by atoms with Crippen LogP contribution in [0.3, 0.4) is 0 Å². The molecule has 1 aliphatic heterocycles. The zero-order chi connectivity index (χ0) is 20.7. The third-order valence-corrected chi connectivity index (χ3v) is 5.95. The lowest BCUT2D eigenvalue weighted by molar-refractivity contribution is -0.129. The number of pyridine rings is 2. The Bertz CT molecular complexity index is 1110. The summed E-state index contributed by atoms with van der Waals surface area (Å²) in [5, 5.41) is 7.67. The van der Waals surface area contributed by atoms with E-state index in [-0.39, 0.29) is 24.2 Å². The predicted octanol–water partition coefficient (Wildman–Crippen LogP) is 2.41. The Hall–Kier alpha value is -3.29. The summed E-state index contributed by atoms with van der Waals surface area (Å²) >= 11 is 0. The van der Waals surface area contributed by atoms with Crippen LogP contribution in [0.2, 0.25) is 0 Å². The second kappa shape index (κ2) is 7.51. The molecule has 5 rings (SSSR count). The van der Waals surface area contributed by atoms with Gasteiger partial charge in [-0.15, -0.1) is 0 Å². The number of carbonyl (C=O) groups excluding carboxylic acids is 2. The highest BCUT2D eigenvalue weighted by molar-refractivity contribution is 6.06. The molecular weight excluding hydrogens is 382 g/mol. The van der Waals surface area contributed by atoms with E-state index in [1.54, 1.807) is 13.2 Å². The summed E-state index contributed by atoms with van der Waals surface area (Å²) in [5.74, 6) is 0.285. The number of likely N-dealkylation sites (tertiary alicyclic amines) is 1. The Morgan fingerprint density at radius 3 is 2.83 bits per heavy atom. The highest BCUT2D eigenvalue weighted by Crippen LogP contribution is 2.41. The maximum atomic E-state index is 12.7. The zero-order valence-corrected chi connectivity index (χ0v) is 16.8. The molecule has 1 N–H and O–H groups in total. The van der Waals surface area contributed by atoms with E-state index in [1.807, 2.05) is 29.2 Å². The van der Waals surface area contributed by atoms with Crippen molar-refractivity contribution in [3.8, 4) is 0 Å². The second-order valence-corrected chi connectivity index (χ2v) is 8.02. The molecule has 1 atom stereocenters. The second-order valence-electron chi connectivity index (χ2n) is 8.02. The van der Waals surface area contributed by atoms with Crippen molar-refractivity contribution in [1.29, 1.82) is 0 Å². The molecule has 0 radical (unpaired) electrons. The van der Waals surface area contributed by atoms with Crippen LogP contribution < -0.4 is 5.32 Å². The molecule has 2 aliphatic rings. The summed E-state index contributed by atoms with van der Waals surface area (Å²) < 4.78 is 5.55. The van der Waals surface area contributed by atoms with Crippen LogP contribution in [0.1, 0.15) is 58.5 Å². The van der Waals surface area contributed by atoms with Crippen LogP contribution in [0, 0.1) is 0 Å². The van der Waals surface area contributed by atoms with Crippen LogP contribution >= 0.6 is 0 Å². The molecule has 3 aromatic rings. The van der Waals surface area contributed by atoms with E-state index in [0.717, 1.165) is 30.7 Å². The van der Waals surface area contributed by atoms with Crippen molar-refractivity contribution in [3.63, 3.8) is 0 Å². The van der Waals surface area contributed by atoms with Gasteiger partial charge in [-0.05, 0) is 37.5 Å². The fourth-order valence-electron chi connectivity index (χ4n) is 4.15. The van der Waals surface area contributed by atoms with E-state index in [1.165, 1.54) is 0 Å². The average Bonchev–Trinajstić information content (AvgIpc) is 3.35. The molecule has 0 spiro atoms. The lowest BCUT2D eigenvalue weighted by atomic mass is 9.98. The van der Waals surface area contributed by atoms with Gasteiger partial charge in [0.15, 0.2) is 0 Å². The number of amides is 2. The molecule has 1 saturated carbocycles. The minimum atomic E-state index is -0.171. The summed E-state index contributed by atoms with van der Waals surface area (Å²) in [6.07, 6.45) is 4.92. The Kier molecular flexibility index (Phi) is 4.69. The molecule has 2 fully saturated rings. The van der Waals surface area contributed by atoms with Gasteiger partial charge in [0.1, 0.15) is 0 Å². The number of nitrogens with one attached hydrogen (secondary N) is 1. The third-order valence-electron chi connectivity index (χ3n) is 5.95. The SMILES string of the molecule is CNC(=O)c1cc(C2CC2)nc2onc(C3CCN(C(=O)Cc4ccccn4)C3)c12. The lowest BCUT2D eigenvalue weighted by Crippen LogP contribution is -2.30. The number of carbonyl (C=O) groups is 2. The molecule has 0 aromatic carbocycles. The van der Waals surface area contributed by atoms with Crippen molar-refractivity contribution in [1.82, 2.24) is 25.3 Å². The first-order chi connectivity index (χ1) is 14.6. The van der Waals surface area contributed by atoms with Gasteiger partial charge >= 0.3 is 0 Å². The van der Waals surface area contributed by atoms with Gasteiger partial charge < -0.3 is 14.7 Å². The standard InChI is InChI=1S/C22H23N5O3/c1-23-21(29)16-11-17(13-5-6-13)25-22-19(16)20(26-30-22)14-7-9-27(12-14)18(28)10-15-4-2-3-8-24-15/h2-4,8,11,13-14H,5-7,9-10,12H2,1H3,(H,23,29). The number of aromatic nitrogens is 3. The van der Waals surface area contributed by atoms with E-state index in [4.69, 9.17) is 4.52 Å². The normalized spacial score (nSPS) is 18.7. The topological polar surface area (TPSA) is 101 Å². The van der Waals surface area contributed by atoms with Crippen molar-refractivity contribution < 1.29 is 14.1 Å². The molecule has 0 bridgehead atoms. The Balaban J connectivity index is 1.41. The van der Waals surface area contributed by atoms with E-state index < -0.39 is 0 Å². The minimum absolute atomic E-state index is 0.0101. The summed E-state index contributed by atoms with van der Waals surface area (Å²) in [5.41, 5.74) is 3.33. The summed E-state index contributed by atoms with van der Waals surface area (Å²) in [4.78, 5) is 36.0. The lowest BCUT2D eigenvalue weighted by Gasteiger charge is -2.16. The largest absolute Gasteiger partial charge is 0.355 e. The molecular formula is C22H23N5O3. The molecule has 8 heteroatoms. The molecule has 3 aromatic heterocycles. The summed E-state index contributed by atoms with van der Waals surface area (Å²) in [6, 6.07) is 7.45. The first-order valence-electron chi connectivity index (χ1n) is 10.3. The maximum absolute atomic E-state index is 12.7. The van der Waals surface area contributed by atoms with Gasteiger partial charge in [-0.3, -0.25) is 14.6 Å². The molecule has 1 aliphatic carbocycles. The minimum Gasteiger partial charge on any atom is -0.355 e. The molecule has 154 valence electrons. The van der Waals surface area contributed by atoms with Crippen molar-refractivity contribution in [2.75, 3.05) is 20.1 Å². The highest BCUT2D eigenvalue weighted by Gasteiger charge is 2.34. The van der Waals surface area contributed by atoms with Crippen LogP contribution in [-0.4, -0.2) is 52.0 Å². The van der Waals surface area contributed by atoms with Crippen LogP contribution in [0.5, 0.6) is 0 Å². The number of nitrogens with zero attached hydrogens (tertiary/aromatic N) is 4. The predicted molar refractivity (Wildman–Crippen MR) is 109 cm³/mol. The van der Waals surface area contributed by atoms with Gasteiger partial charge in [0.05, 0.1) is 23.1 Å². The molecule has 1 saturated heterocycles. The van der Waals surface area contributed by atoms with E-state index in [0.29, 0.717) is 41.4 Å². The number of hydrogen-bond acceptors (Lipinski definition) is 6. The summed E-state index contributed by atoms with van der Waals surface area (Å²) in [7, 11) is 1.62. The van der Waals surface area contributed by atoms with Gasteiger partial charge in [0, 0.05) is 49.6 Å². The van der Waals surface area contributed by atoms with Crippen molar-refractivity contribution in [2.45, 2.75) is 37.5 Å². The zero-order valence-electron chi connectivity index (χ0n) is 16.8. The fraction of sp³-hybridized carbons (Fsp3) is 0.409. The summed E-state index contributed by atoms with van der Waals surface area (Å²) in [6.45, 7) is 1.19. The molecule has 1 unspecified atom stereocenters. The third kappa shape index (κ3) is 3.42. The van der Waals surface area contributed by atoms with E-state index in [9.17, 15) is 9.59 Å². The van der Waals surface area contributed by atoms with Gasteiger partial charge in [0.2, 0.25) is 5.91 Å². The van der Waals surface area contributed by atoms with Crippen LogP contribution in [0.15, 0.2) is 35.0 Å². The smallest absolute Gasteiger partial charge is 0.259 e. The molecule has 8 nitrogen and oxygen atoms in total. The van der Waals surface area contributed by atoms with Crippen molar-refractivity contribution in [3.05, 3.63) is 53.1 Å². The van der Waals surface area contributed by atoms with E-state index >= 15 is 0 Å². The van der Waals surface area contributed by atoms with Gasteiger partial charge in [-0.2, -0.15) is 0 Å².